The number of amides is 2. The highest BCUT2D eigenvalue weighted by Crippen LogP contribution is 2.26. The SMILES string of the molecule is COc1ccc(C)cc1NC(=O)C1=NN(c2ccc(C)cc2)C(=O)CC1. The van der Waals surface area contributed by atoms with Gasteiger partial charge in [0, 0.05) is 12.8 Å². The number of hydrogen-bond acceptors (Lipinski definition) is 4. The Morgan fingerprint density at radius 3 is 2.46 bits per heavy atom. The second kappa shape index (κ2) is 7.39. The van der Waals surface area contributed by atoms with Gasteiger partial charge < -0.3 is 10.1 Å². The van der Waals surface area contributed by atoms with Crippen LogP contribution in [0, 0.1) is 13.8 Å². The van der Waals surface area contributed by atoms with Gasteiger partial charge in [-0.1, -0.05) is 23.8 Å². The summed E-state index contributed by atoms with van der Waals surface area (Å²) < 4.78 is 5.29. The largest absolute Gasteiger partial charge is 0.495 e. The van der Waals surface area contributed by atoms with E-state index in [1.807, 2.05) is 50.2 Å². The van der Waals surface area contributed by atoms with Gasteiger partial charge in [0.2, 0.25) is 5.91 Å². The smallest absolute Gasteiger partial charge is 0.271 e. The lowest BCUT2D eigenvalue weighted by atomic mass is 10.1. The Morgan fingerprint density at radius 2 is 1.77 bits per heavy atom. The number of ether oxygens (including phenoxy) is 1. The zero-order chi connectivity index (χ0) is 18.7. The fraction of sp³-hybridized carbons (Fsp3) is 0.250. The van der Waals surface area contributed by atoms with Gasteiger partial charge in [-0.3, -0.25) is 9.59 Å². The molecule has 1 aliphatic rings. The van der Waals surface area contributed by atoms with Gasteiger partial charge >= 0.3 is 0 Å². The Bertz CT molecular complexity index is 872. The molecular formula is C20H21N3O3. The van der Waals surface area contributed by atoms with Gasteiger partial charge in [-0.25, -0.2) is 5.01 Å². The van der Waals surface area contributed by atoms with Crippen LogP contribution in [0.1, 0.15) is 24.0 Å². The summed E-state index contributed by atoms with van der Waals surface area (Å²) >= 11 is 0. The number of methoxy groups -OCH3 is 1. The van der Waals surface area contributed by atoms with Crippen molar-refractivity contribution in [3.05, 3.63) is 53.6 Å². The van der Waals surface area contributed by atoms with Crippen LogP contribution in [0.3, 0.4) is 0 Å². The minimum atomic E-state index is -0.335. The zero-order valence-electron chi connectivity index (χ0n) is 15.1. The Hall–Kier alpha value is -3.15. The Kier molecular flexibility index (Phi) is 5.02. The maximum atomic E-state index is 12.6. The maximum absolute atomic E-state index is 12.6. The van der Waals surface area contributed by atoms with Gasteiger partial charge in [-0.2, -0.15) is 5.10 Å². The van der Waals surface area contributed by atoms with Crippen LogP contribution in [-0.4, -0.2) is 24.6 Å². The first-order valence-electron chi connectivity index (χ1n) is 8.41. The molecule has 0 saturated carbocycles. The molecule has 0 saturated heterocycles. The third kappa shape index (κ3) is 3.74. The molecule has 0 aromatic heterocycles. The van der Waals surface area contributed by atoms with E-state index in [2.05, 4.69) is 10.4 Å². The molecule has 134 valence electrons. The second-order valence-electron chi connectivity index (χ2n) is 6.25. The number of hydrogen-bond donors (Lipinski definition) is 1. The molecular weight excluding hydrogens is 330 g/mol. The lowest BCUT2D eigenvalue weighted by molar-refractivity contribution is -0.118. The Balaban J connectivity index is 1.85. The van der Waals surface area contributed by atoms with Crippen molar-refractivity contribution >= 4 is 28.9 Å². The van der Waals surface area contributed by atoms with E-state index in [0.29, 0.717) is 29.3 Å². The molecule has 26 heavy (non-hydrogen) atoms. The molecule has 0 spiro atoms. The van der Waals surface area contributed by atoms with Crippen molar-refractivity contribution in [2.75, 3.05) is 17.4 Å². The van der Waals surface area contributed by atoms with Gasteiger partial charge in [-0.05, 0) is 43.7 Å². The lowest BCUT2D eigenvalue weighted by Crippen LogP contribution is -2.36. The van der Waals surface area contributed by atoms with Crippen LogP contribution < -0.4 is 15.1 Å². The molecule has 6 nitrogen and oxygen atoms in total. The van der Waals surface area contributed by atoms with E-state index in [1.54, 1.807) is 13.2 Å². The average Bonchev–Trinajstić information content (AvgIpc) is 2.63. The molecule has 0 aliphatic carbocycles. The molecule has 0 fully saturated rings. The Labute approximate surface area is 152 Å². The first-order chi connectivity index (χ1) is 12.5. The van der Waals surface area contributed by atoms with Crippen LogP contribution in [0.25, 0.3) is 0 Å². The number of aryl methyl sites for hydroxylation is 2. The molecule has 0 unspecified atom stereocenters. The number of carbonyl (C=O) groups excluding carboxylic acids is 2. The molecule has 0 atom stereocenters. The normalized spacial score (nSPS) is 14.0. The van der Waals surface area contributed by atoms with E-state index in [1.165, 1.54) is 5.01 Å². The first kappa shape index (κ1) is 17.7. The summed E-state index contributed by atoms with van der Waals surface area (Å²) in [6.45, 7) is 3.91. The highest BCUT2D eigenvalue weighted by atomic mass is 16.5. The zero-order valence-corrected chi connectivity index (χ0v) is 15.1. The lowest BCUT2D eigenvalue weighted by Gasteiger charge is -2.23. The number of nitrogens with one attached hydrogen (secondary N) is 1. The van der Waals surface area contributed by atoms with E-state index >= 15 is 0 Å². The summed E-state index contributed by atoms with van der Waals surface area (Å²) in [4.78, 5) is 24.9. The minimum absolute atomic E-state index is 0.126. The van der Waals surface area contributed by atoms with Crippen LogP contribution in [0.15, 0.2) is 47.6 Å². The summed E-state index contributed by atoms with van der Waals surface area (Å²) in [5, 5.41) is 8.42. The van der Waals surface area contributed by atoms with E-state index in [-0.39, 0.29) is 18.2 Å². The summed E-state index contributed by atoms with van der Waals surface area (Å²) in [6, 6.07) is 13.0. The highest BCUT2D eigenvalue weighted by molar-refractivity contribution is 6.44. The van der Waals surface area contributed by atoms with Crippen molar-refractivity contribution in [1.82, 2.24) is 0 Å². The van der Waals surface area contributed by atoms with Crippen LogP contribution >= 0.6 is 0 Å². The standard InChI is InChI=1S/C20H21N3O3/c1-13-4-7-15(8-5-13)23-19(24)11-9-16(22-23)20(25)21-17-12-14(2)6-10-18(17)26-3/h4-8,10,12H,9,11H2,1-3H3,(H,21,25). The van der Waals surface area contributed by atoms with Gasteiger partial charge in [0.25, 0.3) is 5.91 Å². The van der Waals surface area contributed by atoms with Crippen molar-refractivity contribution in [2.24, 2.45) is 5.10 Å². The predicted octanol–water partition coefficient (Wildman–Crippen LogP) is 3.43. The van der Waals surface area contributed by atoms with E-state index in [9.17, 15) is 9.59 Å². The van der Waals surface area contributed by atoms with Crippen molar-refractivity contribution < 1.29 is 14.3 Å². The molecule has 1 N–H and O–H groups in total. The topological polar surface area (TPSA) is 71.0 Å². The van der Waals surface area contributed by atoms with Gasteiger partial charge in [0.05, 0.1) is 18.5 Å². The predicted molar refractivity (Wildman–Crippen MR) is 102 cm³/mol. The van der Waals surface area contributed by atoms with Gasteiger partial charge in [0.15, 0.2) is 0 Å². The van der Waals surface area contributed by atoms with Crippen molar-refractivity contribution in [2.45, 2.75) is 26.7 Å². The minimum Gasteiger partial charge on any atom is -0.495 e. The molecule has 2 aromatic carbocycles. The summed E-state index contributed by atoms with van der Waals surface area (Å²) in [5.74, 6) is 0.115. The quantitative estimate of drug-likeness (QED) is 0.917. The molecule has 3 rings (SSSR count). The highest BCUT2D eigenvalue weighted by Gasteiger charge is 2.26. The van der Waals surface area contributed by atoms with E-state index in [0.717, 1.165) is 11.1 Å². The van der Waals surface area contributed by atoms with Gasteiger partial charge in [0.1, 0.15) is 11.5 Å². The molecule has 2 amide bonds. The molecule has 1 heterocycles. The number of rotatable bonds is 4. The number of carbonyl (C=O) groups is 2. The average molecular weight is 351 g/mol. The molecule has 1 aliphatic heterocycles. The van der Waals surface area contributed by atoms with Crippen LogP contribution in [0.4, 0.5) is 11.4 Å². The Morgan fingerprint density at radius 1 is 1.08 bits per heavy atom. The fourth-order valence-electron chi connectivity index (χ4n) is 2.72. The van der Waals surface area contributed by atoms with Crippen molar-refractivity contribution in [1.29, 1.82) is 0 Å². The van der Waals surface area contributed by atoms with E-state index in [4.69, 9.17) is 4.74 Å². The third-order valence-electron chi connectivity index (χ3n) is 4.18. The molecule has 6 heteroatoms. The second-order valence-corrected chi connectivity index (χ2v) is 6.25. The molecule has 0 bridgehead atoms. The monoisotopic (exact) mass is 351 g/mol. The van der Waals surface area contributed by atoms with Crippen molar-refractivity contribution in [3.63, 3.8) is 0 Å². The number of anilines is 2. The summed E-state index contributed by atoms with van der Waals surface area (Å²) in [6.07, 6.45) is 0.548. The number of benzene rings is 2. The fourth-order valence-corrected chi connectivity index (χ4v) is 2.72. The van der Waals surface area contributed by atoms with Crippen LogP contribution in [-0.2, 0) is 9.59 Å². The van der Waals surface area contributed by atoms with Crippen LogP contribution in [0.5, 0.6) is 5.75 Å². The number of nitrogens with zero attached hydrogens (tertiary/aromatic N) is 2. The van der Waals surface area contributed by atoms with E-state index < -0.39 is 0 Å². The molecule has 0 radical (unpaired) electrons. The third-order valence-corrected chi connectivity index (χ3v) is 4.18. The first-order valence-corrected chi connectivity index (χ1v) is 8.41. The number of hydrazone groups is 1. The van der Waals surface area contributed by atoms with Crippen molar-refractivity contribution in [3.8, 4) is 5.75 Å². The maximum Gasteiger partial charge on any atom is 0.271 e. The summed E-state index contributed by atoms with van der Waals surface area (Å²) in [7, 11) is 1.55. The summed E-state index contributed by atoms with van der Waals surface area (Å²) in [5.41, 5.74) is 3.64. The van der Waals surface area contributed by atoms with Gasteiger partial charge in [-0.15, -0.1) is 0 Å². The van der Waals surface area contributed by atoms with Crippen LogP contribution in [0.2, 0.25) is 0 Å². The molecule has 2 aromatic rings.